The molecule has 4 unspecified atom stereocenters. The fourth-order valence-corrected chi connectivity index (χ4v) is 4.62. The maximum atomic E-state index is 2.49. The summed E-state index contributed by atoms with van der Waals surface area (Å²) in [7, 11) is 0. The first-order chi connectivity index (χ1) is 7.03. The van der Waals surface area contributed by atoms with Crippen molar-refractivity contribution in [1.29, 1.82) is 0 Å². The molecule has 0 aromatic heterocycles. The Morgan fingerprint density at radius 2 is 1.87 bits per heavy atom. The van der Waals surface area contributed by atoms with E-state index in [4.69, 9.17) is 0 Å². The number of allylic oxidation sites excluding steroid dienone is 2. The van der Waals surface area contributed by atoms with Gasteiger partial charge in [0.15, 0.2) is 0 Å². The van der Waals surface area contributed by atoms with Gasteiger partial charge in [0.1, 0.15) is 0 Å². The highest BCUT2D eigenvalue weighted by atomic mass is 14.7. The Morgan fingerprint density at radius 3 is 2.60 bits per heavy atom. The second kappa shape index (κ2) is 2.90. The lowest BCUT2D eigenvalue weighted by atomic mass is 9.82. The SMILES string of the molecule is CC1=C2C(CC1)C(C)CCC1C2C1(C)C. The summed E-state index contributed by atoms with van der Waals surface area (Å²) in [5.41, 5.74) is 4.31. The van der Waals surface area contributed by atoms with Crippen molar-refractivity contribution in [3.8, 4) is 0 Å². The lowest BCUT2D eigenvalue weighted by molar-refractivity contribution is 0.351. The molecule has 0 N–H and O–H groups in total. The molecule has 3 rings (SSSR count). The predicted octanol–water partition coefficient (Wildman–Crippen LogP) is 4.42. The minimum absolute atomic E-state index is 0.638. The molecule has 4 atom stereocenters. The molecule has 0 heteroatoms. The maximum absolute atomic E-state index is 2.49. The molecule has 0 radical (unpaired) electrons. The summed E-state index contributed by atoms with van der Waals surface area (Å²) < 4.78 is 0. The van der Waals surface area contributed by atoms with Crippen LogP contribution in [0.1, 0.15) is 53.4 Å². The third-order valence-electron chi connectivity index (χ3n) is 5.73. The molecule has 2 saturated carbocycles. The Hall–Kier alpha value is -0.260. The van der Waals surface area contributed by atoms with Gasteiger partial charge in [-0.05, 0) is 61.7 Å². The molecular weight excluding hydrogens is 180 g/mol. The van der Waals surface area contributed by atoms with Crippen LogP contribution >= 0.6 is 0 Å². The van der Waals surface area contributed by atoms with Gasteiger partial charge in [0.2, 0.25) is 0 Å². The summed E-state index contributed by atoms with van der Waals surface area (Å²) in [5, 5.41) is 0. The average Bonchev–Trinajstić information content (AvgIpc) is 2.55. The molecule has 0 amide bonds. The van der Waals surface area contributed by atoms with E-state index in [0.717, 1.165) is 23.7 Å². The molecule has 2 fully saturated rings. The van der Waals surface area contributed by atoms with Gasteiger partial charge in [0.25, 0.3) is 0 Å². The van der Waals surface area contributed by atoms with E-state index in [2.05, 4.69) is 27.7 Å². The Morgan fingerprint density at radius 1 is 1.13 bits per heavy atom. The van der Waals surface area contributed by atoms with Crippen molar-refractivity contribution in [2.24, 2.45) is 29.1 Å². The van der Waals surface area contributed by atoms with E-state index in [9.17, 15) is 0 Å². The largest absolute Gasteiger partial charge is 0.0735 e. The van der Waals surface area contributed by atoms with Crippen LogP contribution in [0.25, 0.3) is 0 Å². The minimum atomic E-state index is 0.638. The topological polar surface area (TPSA) is 0 Å². The molecule has 0 heterocycles. The summed E-state index contributed by atoms with van der Waals surface area (Å²) in [6, 6.07) is 0. The summed E-state index contributed by atoms with van der Waals surface area (Å²) in [5.74, 6) is 3.91. The Labute approximate surface area is 94.1 Å². The van der Waals surface area contributed by atoms with Crippen LogP contribution in [-0.2, 0) is 0 Å². The fraction of sp³-hybridized carbons (Fsp3) is 0.867. The molecule has 0 spiro atoms. The highest BCUT2D eigenvalue weighted by Crippen LogP contribution is 2.69. The Balaban J connectivity index is 2.00. The van der Waals surface area contributed by atoms with Crippen LogP contribution in [0.5, 0.6) is 0 Å². The molecule has 3 aliphatic carbocycles. The van der Waals surface area contributed by atoms with E-state index in [-0.39, 0.29) is 0 Å². The zero-order valence-electron chi connectivity index (χ0n) is 10.6. The van der Waals surface area contributed by atoms with Crippen LogP contribution < -0.4 is 0 Å². The van der Waals surface area contributed by atoms with E-state index < -0.39 is 0 Å². The van der Waals surface area contributed by atoms with Gasteiger partial charge in [-0.15, -0.1) is 0 Å². The van der Waals surface area contributed by atoms with Crippen molar-refractivity contribution < 1.29 is 0 Å². The van der Waals surface area contributed by atoms with Gasteiger partial charge in [0.05, 0.1) is 0 Å². The van der Waals surface area contributed by atoms with Crippen molar-refractivity contribution in [3.63, 3.8) is 0 Å². The first-order valence-electron chi connectivity index (χ1n) is 6.73. The van der Waals surface area contributed by atoms with Crippen LogP contribution in [0.15, 0.2) is 11.1 Å². The number of fused-ring (bicyclic) bond motifs is 3. The zero-order valence-corrected chi connectivity index (χ0v) is 10.6. The molecule has 15 heavy (non-hydrogen) atoms. The van der Waals surface area contributed by atoms with Crippen LogP contribution in [0.3, 0.4) is 0 Å². The normalized spacial score (nSPS) is 47.2. The van der Waals surface area contributed by atoms with Gasteiger partial charge in [-0.2, -0.15) is 0 Å². The van der Waals surface area contributed by atoms with Gasteiger partial charge in [0, 0.05) is 0 Å². The number of hydrogen-bond donors (Lipinski definition) is 0. The highest BCUT2D eigenvalue weighted by molar-refractivity contribution is 5.34. The first kappa shape index (κ1) is 9.93. The smallest absolute Gasteiger partial charge is 0.0110 e. The quantitative estimate of drug-likeness (QED) is 0.513. The van der Waals surface area contributed by atoms with Crippen LogP contribution in [0.2, 0.25) is 0 Å². The van der Waals surface area contributed by atoms with E-state index in [1.807, 2.05) is 5.57 Å². The number of hydrogen-bond acceptors (Lipinski definition) is 0. The molecule has 84 valence electrons. The van der Waals surface area contributed by atoms with Gasteiger partial charge in [-0.1, -0.05) is 31.9 Å². The van der Waals surface area contributed by atoms with Crippen LogP contribution in [-0.4, -0.2) is 0 Å². The number of rotatable bonds is 0. The van der Waals surface area contributed by atoms with E-state index >= 15 is 0 Å². The van der Waals surface area contributed by atoms with E-state index in [1.165, 1.54) is 25.7 Å². The van der Waals surface area contributed by atoms with E-state index in [1.54, 1.807) is 5.57 Å². The second-order valence-electron chi connectivity index (χ2n) is 6.84. The molecule has 3 aliphatic rings. The highest BCUT2D eigenvalue weighted by Gasteiger charge is 2.61. The van der Waals surface area contributed by atoms with Crippen molar-refractivity contribution in [2.45, 2.75) is 53.4 Å². The Kier molecular flexibility index (Phi) is 1.92. The zero-order chi connectivity index (χ0) is 10.8. The van der Waals surface area contributed by atoms with Gasteiger partial charge in [-0.25, -0.2) is 0 Å². The predicted molar refractivity (Wildman–Crippen MR) is 64.6 cm³/mol. The molecule has 0 nitrogen and oxygen atoms in total. The van der Waals surface area contributed by atoms with Crippen molar-refractivity contribution >= 4 is 0 Å². The van der Waals surface area contributed by atoms with Crippen molar-refractivity contribution in [3.05, 3.63) is 11.1 Å². The summed E-state index contributed by atoms with van der Waals surface area (Å²) in [4.78, 5) is 0. The second-order valence-corrected chi connectivity index (χ2v) is 6.84. The summed E-state index contributed by atoms with van der Waals surface area (Å²) >= 11 is 0. The van der Waals surface area contributed by atoms with Crippen LogP contribution in [0, 0.1) is 29.1 Å². The van der Waals surface area contributed by atoms with Gasteiger partial charge >= 0.3 is 0 Å². The van der Waals surface area contributed by atoms with Gasteiger partial charge in [-0.3, -0.25) is 0 Å². The van der Waals surface area contributed by atoms with Crippen molar-refractivity contribution in [1.82, 2.24) is 0 Å². The van der Waals surface area contributed by atoms with E-state index in [0.29, 0.717) is 5.41 Å². The molecule has 0 aromatic carbocycles. The third kappa shape index (κ3) is 1.20. The Bertz CT molecular complexity index is 321. The average molecular weight is 204 g/mol. The molecule has 0 bridgehead atoms. The lowest BCUT2D eigenvalue weighted by Gasteiger charge is -2.23. The maximum Gasteiger partial charge on any atom is -0.0110 e. The fourth-order valence-electron chi connectivity index (χ4n) is 4.62. The monoisotopic (exact) mass is 204 g/mol. The molecule has 0 aliphatic heterocycles. The van der Waals surface area contributed by atoms with Gasteiger partial charge < -0.3 is 0 Å². The standard InChI is InChI=1S/C15H24/c1-9-6-8-12-14(15(12,3)4)13-10(2)5-7-11(9)13/h9,11-12,14H,5-8H2,1-4H3. The molecular formula is C15H24. The molecule has 0 saturated heterocycles. The van der Waals surface area contributed by atoms with Crippen molar-refractivity contribution in [2.75, 3.05) is 0 Å². The summed E-state index contributed by atoms with van der Waals surface area (Å²) in [6.45, 7) is 9.88. The first-order valence-corrected chi connectivity index (χ1v) is 6.73. The lowest BCUT2D eigenvalue weighted by Crippen LogP contribution is -2.13. The molecule has 0 aromatic rings. The minimum Gasteiger partial charge on any atom is -0.0735 e. The third-order valence-corrected chi connectivity index (χ3v) is 5.73. The van der Waals surface area contributed by atoms with Crippen LogP contribution in [0.4, 0.5) is 0 Å². The summed E-state index contributed by atoms with van der Waals surface area (Å²) in [6.07, 6.45) is 5.82.